The van der Waals surface area contributed by atoms with Crippen LogP contribution in [0.5, 0.6) is 0 Å². The van der Waals surface area contributed by atoms with E-state index in [4.69, 9.17) is 4.42 Å². The van der Waals surface area contributed by atoms with E-state index in [0.717, 1.165) is 34.2 Å². The number of carbonyl (C=O) groups is 1. The van der Waals surface area contributed by atoms with E-state index in [1.165, 1.54) is 0 Å². The lowest BCUT2D eigenvalue weighted by Crippen LogP contribution is -2.51. The van der Waals surface area contributed by atoms with Crippen molar-refractivity contribution >= 4 is 17.1 Å². The first kappa shape index (κ1) is 20.1. The van der Waals surface area contributed by atoms with Crippen LogP contribution in [0, 0.1) is 18.7 Å². The van der Waals surface area contributed by atoms with E-state index in [0.29, 0.717) is 36.5 Å². The second kappa shape index (κ2) is 7.52. The maximum Gasteiger partial charge on any atom is 0.309 e. The van der Waals surface area contributed by atoms with E-state index in [1.807, 2.05) is 43.3 Å². The van der Waals surface area contributed by atoms with Gasteiger partial charge in [0.15, 0.2) is 11.4 Å². The number of likely N-dealkylation sites (tertiary alicyclic amines) is 1. The van der Waals surface area contributed by atoms with Crippen LogP contribution in [0.25, 0.3) is 33.7 Å². The molecular formula is C27H23FN2O3. The van der Waals surface area contributed by atoms with Gasteiger partial charge in [-0.15, -0.1) is 0 Å². The van der Waals surface area contributed by atoms with Crippen LogP contribution in [0.1, 0.15) is 29.2 Å². The highest BCUT2D eigenvalue weighted by Gasteiger charge is 2.41. The highest BCUT2D eigenvalue weighted by molar-refractivity contribution is 5.82. The van der Waals surface area contributed by atoms with Crippen molar-refractivity contribution in [1.82, 2.24) is 9.88 Å². The quantitative estimate of drug-likeness (QED) is 0.445. The van der Waals surface area contributed by atoms with Crippen LogP contribution in [0.4, 0.5) is 4.39 Å². The van der Waals surface area contributed by atoms with Gasteiger partial charge >= 0.3 is 5.97 Å². The van der Waals surface area contributed by atoms with Gasteiger partial charge in [-0.2, -0.15) is 0 Å². The summed E-state index contributed by atoms with van der Waals surface area (Å²) in [5.41, 5.74) is 6.35. The molecule has 0 unspecified atom stereocenters. The molecule has 2 heterocycles. The Morgan fingerprint density at radius 1 is 1.12 bits per heavy atom. The molecule has 33 heavy (non-hydrogen) atoms. The Hall–Kier alpha value is -3.51. The number of aromatic nitrogens is 1. The SMILES string of the molecule is Cc1c(-c2ccccc2)cccc1-c1nc2cc3c(c(F)c2o1)CC[C@@H]3N1CC(C(=O)O)C1. The molecule has 4 aromatic rings. The molecule has 6 rings (SSSR count). The number of halogens is 1. The van der Waals surface area contributed by atoms with Gasteiger partial charge in [0.05, 0.1) is 5.92 Å². The monoisotopic (exact) mass is 442 g/mol. The van der Waals surface area contributed by atoms with E-state index in [1.54, 1.807) is 0 Å². The van der Waals surface area contributed by atoms with Crippen LogP contribution < -0.4 is 0 Å². The lowest BCUT2D eigenvalue weighted by atomic mass is 9.95. The number of rotatable bonds is 4. The first-order chi connectivity index (χ1) is 16.0. The number of oxazole rings is 1. The molecule has 2 aliphatic rings. The summed E-state index contributed by atoms with van der Waals surface area (Å²) in [6.07, 6.45) is 1.41. The molecule has 6 heteroatoms. The maximum absolute atomic E-state index is 15.5. The second-order valence-electron chi connectivity index (χ2n) is 9.01. The van der Waals surface area contributed by atoms with Crippen LogP contribution in [0.2, 0.25) is 0 Å². The minimum Gasteiger partial charge on any atom is -0.481 e. The molecule has 0 bridgehead atoms. The van der Waals surface area contributed by atoms with Gasteiger partial charge in [0, 0.05) is 24.7 Å². The van der Waals surface area contributed by atoms with Crippen LogP contribution >= 0.6 is 0 Å². The summed E-state index contributed by atoms with van der Waals surface area (Å²) in [5, 5.41) is 9.19. The molecule has 0 amide bonds. The maximum atomic E-state index is 15.5. The van der Waals surface area contributed by atoms with Crippen LogP contribution in [-0.2, 0) is 11.2 Å². The van der Waals surface area contributed by atoms with Crippen LogP contribution in [-0.4, -0.2) is 34.0 Å². The Balaban J connectivity index is 1.39. The second-order valence-corrected chi connectivity index (χ2v) is 9.01. The van der Waals surface area contributed by atoms with Gasteiger partial charge in [0.25, 0.3) is 0 Å². The zero-order valence-electron chi connectivity index (χ0n) is 18.2. The molecule has 166 valence electrons. The first-order valence-electron chi connectivity index (χ1n) is 11.3. The smallest absolute Gasteiger partial charge is 0.309 e. The lowest BCUT2D eigenvalue weighted by Gasteiger charge is -2.41. The number of hydrogen-bond acceptors (Lipinski definition) is 4. The molecule has 1 atom stereocenters. The zero-order valence-corrected chi connectivity index (χ0v) is 18.2. The largest absolute Gasteiger partial charge is 0.481 e. The molecule has 1 aromatic heterocycles. The van der Waals surface area contributed by atoms with Gasteiger partial charge in [0.2, 0.25) is 5.89 Å². The van der Waals surface area contributed by atoms with E-state index in [9.17, 15) is 9.90 Å². The fourth-order valence-corrected chi connectivity index (χ4v) is 5.29. The van der Waals surface area contributed by atoms with Crippen molar-refractivity contribution in [2.75, 3.05) is 13.1 Å². The fraction of sp³-hybridized carbons (Fsp3) is 0.259. The molecule has 0 spiro atoms. The van der Waals surface area contributed by atoms with Crippen molar-refractivity contribution in [2.45, 2.75) is 25.8 Å². The molecular weight excluding hydrogens is 419 g/mol. The van der Waals surface area contributed by atoms with Gasteiger partial charge in [0.1, 0.15) is 5.52 Å². The summed E-state index contributed by atoms with van der Waals surface area (Å²) in [4.78, 5) is 18.0. The van der Waals surface area contributed by atoms with Gasteiger partial charge in [-0.3, -0.25) is 9.69 Å². The molecule has 1 N–H and O–H groups in total. The summed E-state index contributed by atoms with van der Waals surface area (Å²) in [5.74, 6) is -1.02. The van der Waals surface area contributed by atoms with E-state index in [-0.39, 0.29) is 23.4 Å². The number of aliphatic carboxylic acids is 1. The lowest BCUT2D eigenvalue weighted by molar-refractivity contribution is -0.148. The van der Waals surface area contributed by atoms with Crippen molar-refractivity contribution < 1.29 is 18.7 Å². The van der Waals surface area contributed by atoms with E-state index < -0.39 is 5.97 Å². The van der Waals surface area contributed by atoms with Gasteiger partial charge in [-0.1, -0.05) is 42.5 Å². The third-order valence-corrected chi connectivity index (χ3v) is 7.13. The standard InChI is InChI=1S/C27H23FN2O3/c1-15-18(16-6-3-2-4-7-16)8-5-9-19(15)26-29-22-12-21-20(24(28)25(22)33-26)10-11-23(21)30-13-17(14-30)27(31)32/h2-9,12,17,23H,10-11,13-14H2,1H3,(H,31,32)/t23-/m0/s1. The number of hydrogen-bond donors (Lipinski definition) is 1. The minimum atomic E-state index is -0.764. The summed E-state index contributed by atoms with van der Waals surface area (Å²) < 4.78 is 21.5. The van der Waals surface area contributed by atoms with E-state index in [2.05, 4.69) is 28.1 Å². The number of fused-ring (bicyclic) bond motifs is 2. The third-order valence-electron chi connectivity index (χ3n) is 7.13. The van der Waals surface area contributed by atoms with Crippen molar-refractivity contribution in [2.24, 2.45) is 5.92 Å². The summed E-state index contributed by atoms with van der Waals surface area (Å²) in [7, 11) is 0. The number of benzene rings is 3. The highest BCUT2D eigenvalue weighted by Crippen LogP contribution is 2.43. The summed E-state index contributed by atoms with van der Waals surface area (Å²) in [6.45, 7) is 3.05. The zero-order chi connectivity index (χ0) is 22.7. The Bertz CT molecular complexity index is 1390. The summed E-state index contributed by atoms with van der Waals surface area (Å²) >= 11 is 0. The first-order valence-corrected chi connectivity index (χ1v) is 11.3. The van der Waals surface area contributed by atoms with Gasteiger partial charge in [-0.25, -0.2) is 9.37 Å². The molecule has 0 radical (unpaired) electrons. The molecule has 3 aromatic carbocycles. The molecule has 1 saturated heterocycles. The van der Waals surface area contributed by atoms with Crippen LogP contribution in [0.15, 0.2) is 59.0 Å². The average molecular weight is 442 g/mol. The highest BCUT2D eigenvalue weighted by atomic mass is 19.1. The van der Waals surface area contributed by atoms with Crippen LogP contribution in [0.3, 0.4) is 0 Å². The molecule has 1 fully saturated rings. The van der Waals surface area contributed by atoms with Crippen molar-refractivity contribution in [3.05, 3.63) is 77.1 Å². The average Bonchev–Trinajstić information content (AvgIpc) is 3.39. The summed E-state index contributed by atoms with van der Waals surface area (Å²) in [6, 6.07) is 18.1. The predicted molar refractivity (Wildman–Crippen MR) is 123 cm³/mol. The van der Waals surface area contributed by atoms with Crippen molar-refractivity contribution in [3.63, 3.8) is 0 Å². The van der Waals surface area contributed by atoms with Gasteiger partial charge < -0.3 is 9.52 Å². The predicted octanol–water partition coefficient (Wildman–Crippen LogP) is 5.61. The Morgan fingerprint density at radius 3 is 2.64 bits per heavy atom. The fourth-order valence-electron chi connectivity index (χ4n) is 5.29. The van der Waals surface area contributed by atoms with Crippen molar-refractivity contribution in [3.8, 4) is 22.6 Å². The number of nitrogens with zero attached hydrogens (tertiary/aromatic N) is 2. The Kier molecular flexibility index (Phi) is 4.59. The van der Waals surface area contributed by atoms with Gasteiger partial charge in [-0.05, 0) is 59.7 Å². The molecule has 5 nitrogen and oxygen atoms in total. The Morgan fingerprint density at radius 2 is 1.88 bits per heavy atom. The number of carboxylic acid groups (broad SMARTS) is 1. The normalized spacial score (nSPS) is 18.4. The van der Waals surface area contributed by atoms with E-state index >= 15 is 4.39 Å². The van der Waals surface area contributed by atoms with Crippen molar-refractivity contribution in [1.29, 1.82) is 0 Å². The molecule has 1 aliphatic heterocycles. The minimum absolute atomic E-state index is 0.0396. The number of carboxylic acids is 1. The molecule has 0 saturated carbocycles. The Labute approximate surface area is 190 Å². The third kappa shape index (κ3) is 3.16. The molecule has 1 aliphatic carbocycles. The topological polar surface area (TPSA) is 66.6 Å².